The molecule has 0 heterocycles. The minimum atomic E-state index is -4.93. The summed E-state index contributed by atoms with van der Waals surface area (Å²) in [6.45, 7) is 11.4. The first-order valence-corrected chi connectivity index (χ1v) is 16.1. The molecular weight excluding hydrogens is 662 g/mol. The fraction of sp³-hybridized carbons (Fsp3) is 0.533. The molecule has 46 heavy (non-hydrogen) atoms. The van der Waals surface area contributed by atoms with Crippen molar-refractivity contribution < 1.29 is 54.6 Å². The Labute approximate surface area is 272 Å². The third kappa shape index (κ3) is 13.4. The SMILES string of the molecule is CCC(CC)COC(=O)[C@H](C)N.CCC(CC)COC(=O)[C@H](C)N[P@](=O)(Oc1ccccc1)Oc1c(F)c(F)c(F)c(F)c1F.Cl. The summed E-state index contributed by atoms with van der Waals surface area (Å²) in [6, 6.07) is 5.21. The molecule has 0 saturated carbocycles. The Hall–Kier alpha value is -2.93. The second kappa shape index (κ2) is 21.0. The molecule has 262 valence electrons. The molecular formula is C30H43ClF5N2O7P. The minimum Gasteiger partial charge on any atom is -0.464 e. The van der Waals surface area contributed by atoms with Gasteiger partial charge in [-0.15, -0.1) is 12.4 Å². The lowest BCUT2D eigenvalue weighted by atomic mass is 10.1. The van der Waals surface area contributed by atoms with Crippen molar-refractivity contribution in [1.29, 1.82) is 0 Å². The molecule has 0 aliphatic carbocycles. The number of benzene rings is 2. The fourth-order valence-electron chi connectivity index (χ4n) is 3.47. The van der Waals surface area contributed by atoms with Gasteiger partial charge in [0.2, 0.25) is 34.8 Å². The van der Waals surface area contributed by atoms with Crippen molar-refractivity contribution in [3.05, 3.63) is 59.4 Å². The standard InChI is InChI=1S/C21H23F5NO5P.C9H19NO2.ClH/c1-4-13(5-2)11-30-21(28)12(3)27-33(29,31-14-9-7-6-8-10-14)32-20-18(25)16(23)15(22)17(24)19(20)26;1-4-8(5-2)6-12-9(11)7(3)10;/h6-10,12-13H,4-5,11H2,1-3H3,(H,27,29);7-8H,4-6,10H2,1-3H3;1H/t12-,33-;7-;/m00./s1. The highest BCUT2D eigenvalue weighted by molar-refractivity contribution is 7.52. The summed E-state index contributed by atoms with van der Waals surface area (Å²) >= 11 is 0. The second-order valence-corrected chi connectivity index (χ2v) is 11.8. The Kier molecular flexibility index (Phi) is 19.7. The van der Waals surface area contributed by atoms with Gasteiger partial charge in [0.05, 0.1) is 13.2 Å². The predicted molar refractivity (Wildman–Crippen MR) is 165 cm³/mol. The monoisotopic (exact) mass is 704 g/mol. The summed E-state index contributed by atoms with van der Waals surface area (Å²) in [5.41, 5.74) is 5.33. The van der Waals surface area contributed by atoms with Gasteiger partial charge in [0.15, 0.2) is 0 Å². The first kappa shape index (κ1) is 43.1. The molecule has 0 amide bonds. The normalized spacial score (nSPS) is 13.4. The second-order valence-electron chi connectivity index (χ2n) is 10.2. The number of para-hydroxylation sites is 1. The lowest BCUT2D eigenvalue weighted by Gasteiger charge is -2.24. The summed E-state index contributed by atoms with van der Waals surface area (Å²) in [6.07, 6.45) is 3.57. The van der Waals surface area contributed by atoms with Gasteiger partial charge in [0.1, 0.15) is 17.8 Å². The van der Waals surface area contributed by atoms with Crippen LogP contribution in [0.3, 0.4) is 0 Å². The van der Waals surface area contributed by atoms with Crippen molar-refractivity contribution in [2.45, 2.75) is 79.3 Å². The largest absolute Gasteiger partial charge is 0.513 e. The highest BCUT2D eigenvalue weighted by Gasteiger charge is 2.38. The van der Waals surface area contributed by atoms with Crippen LogP contribution in [0.5, 0.6) is 11.5 Å². The number of carbonyl (C=O) groups is 2. The van der Waals surface area contributed by atoms with E-state index in [1.165, 1.54) is 31.2 Å². The molecule has 16 heteroatoms. The van der Waals surface area contributed by atoms with Crippen molar-refractivity contribution in [3.8, 4) is 11.5 Å². The molecule has 0 aliphatic rings. The van der Waals surface area contributed by atoms with E-state index in [1.807, 2.05) is 13.8 Å². The average Bonchev–Trinajstić information content (AvgIpc) is 3.02. The number of carbonyl (C=O) groups excluding carboxylic acids is 2. The van der Waals surface area contributed by atoms with Gasteiger partial charge in [-0.2, -0.15) is 13.9 Å². The number of hydrogen-bond donors (Lipinski definition) is 2. The van der Waals surface area contributed by atoms with E-state index in [1.54, 1.807) is 13.0 Å². The number of halogens is 6. The van der Waals surface area contributed by atoms with Gasteiger partial charge in [0, 0.05) is 0 Å². The fourth-order valence-corrected chi connectivity index (χ4v) is 4.99. The molecule has 0 bridgehead atoms. The Balaban J connectivity index is 0.00000132. The Morgan fingerprint density at radius 1 is 0.739 bits per heavy atom. The summed E-state index contributed by atoms with van der Waals surface area (Å²) in [5, 5.41) is 2.12. The number of hydrogen-bond acceptors (Lipinski definition) is 8. The van der Waals surface area contributed by atoms with E-state index in [4.69, 9.17) is 24.3 Å². The third-order valence-electron chi connectivity index (χ3n) is 6.66. The molecule has 3 atom stereocenters. The van der Waals surface area contributed by atoms with E-state index < -0.39 is 60.6 Å². The molecule has 0 fully saturated rings. The first-order chi connectivity index (χ1) is 21.1. The van der Waals surface area contributed by atoms with Crippen LogP contribution < -0.4 is 19.9 Å². The predicted octanol–water partition coefficient (Wildman–Crippen LogP) is 7.64. The number of ether oxygens (including phenoxy) is 2. The molecule has 2 rings (SSSR count). The van der Waals surface area contributed by atoms with Crippen LogP contribution in [0.15, 0.2) is 30.3 Å². The molecule has 0 radical (unpaired) electrons. The van der Waals surface area contributed by atoms with Crippen LogP contribution >= 0.6 is 20.2 Å². The first-order valence-electron chi connectivity index (χ1n) is 14.6. The van der Waals surface area contributed by atoms with Crippen molar-refractivity contribution >= 4 is 32.1 Å². The topological polar surface area (TPSA) is 126 Å². The van der Waals surface area contributed by atoms with Crippen LogP contribution in [-0.4, -0.2) is 37.2 Å². The van der Waals surface area contributed by atoms with Crippen LogP contribution in [-0.2, 0) is 23.6 Å². The van der Waals surface area contributed by atoms with Gasteiger partial charge < -0.3 is 24.3 Å². The van der Waals surface area contributed by atoms with Gasteiger partial charge >= 0.3 is 19.7 Å². The van der Waals surface area contributed by atoms with E-state index in [2.05, 4.69) is 18.9 Å². The number of rotatable bonds is 16. The van der Waals surface area contributed by atoms with Crippen LogP contribution in [0.2, 0.25) is 0 Å². The summed E-state index contributed by atoms with van der Waals surface area (Å²) in [7, 11) is -4.93. The maximum atomic E-state index is 14.1. The molecule has 9 nitrogen and oxygen atoms in total. The Morgan fingerprint density at radius 2 is 1.15 bits per heavy atom. The highest BCUT2D eigenvalue weighted by atomic mass is 35.5. The van der Waals surface area contributed by atoms with Crippen LogP contribution in [0.1, 0.15) is 67.2 Å². The zero-order chi connectivity index (χ0) is 34.3. The van der Waals surface area contributed by atoms with Crippen molar-refractivity contribution in [3.63, 3.8) is 0 Å². The molecule has 2 aromatic carbocycles. The van der Waals surface area contributed by atoms with E-state index >= 15 is 0 Å². The maximum Gasteiger partial charge on any atom is 0.513 e. The molecule has 0 unspecified atom stereocenters. The van der Waals surface area contributed by atoms with Crippen LogP contribution in [0, 0.1) is 40.9 Å². The third-order valence-corrected chi connectivity index (χ3v) is 8.24. The molecule has 3 N–H and O–H groups in total. The highest BCUT2D eigenvalue weighted by Crippen LogP contribution is 2.47. The summed E-state index contributed by atoms with van der Waals surface area (Å²) in [5.74, 6) is -14.3. The van der Waals surface area contributed by atoms with Gasteiger partial charge in [-0.25, -0.2) is 17.7 Å². The van der Waals surface area contributed by atoms with E-state index in [9.17, 15) is 36.1 Å². The van der Waals surface area contributed by atoms with E-state index in [0.717, 1.165) is 25.7 Å². The van der Waals surface area contributed by atoms with Crippen molar-refractivity contribution in [2.24, 2.45) is 17.6 Å². The van der Waals surface area contributed by atoms with Crippen LogP contribution in [0.25, 0.3) is 0 Å². The van der Waals surface area contributed by atoms with Gasteiger partial charge in [-0.05, 0) is 37.8 Å². The smallest absolute Gasteiger partial charge is 0.464 e. The molecule has 0 saturated heterocycles. The Morgan fingerprint density at radius 3 is 1.57 bits per heavy atom. The van der Waals surface area contributed by atoms with Gasteiger partial charge in [-0.3, -0.25) is 9.59 Å². The number of nitrogens with one attached hydrogen (secondary N) is 1. The minimum absolute atomic E-state index is 0. The van der Waals surface area contributed by atoms with Gasteiger partial charge in [0.25, 0.3) is 0 Å². The molecule has 0 aromatic heterocycles. The Bertz CT molecular complexity index is 1260. The lowest BCUT2D eigenvalue weighted by Crippen LogP contribution is -2.36. The van der Waals surface area contributed by atoms with Crippen molar-refractivity contribution in [1.82, 2.24) is 5.09 Å². The molecule has 0 spiro atoms. The molecule has 2 aromatic rings. The van der Waals surface area contributed by atoms with Crippen molar-refractivity contribution in [2.75, 3.05) is 13.2 Å². The quantitative estimate of drug-likeness (QED) is 0.0596. The zero-order valence-corrected chi connectivity index (χ0v) is 28.3. The van der Waals surface area contributed by atoms with Crippen LogP contribution in [0.4, 0.5) is 22.0 Å². The summed E-state index contributed by atoms with van der Waals surface area (Å²) < 4.78 is 102. The average molecular weight is 705 g/mol. The lowest BCUT2D eigenvalue weighted by molar-refractivity contribution is -0.147. The van der Waals surface area contributed by atoms with E-state index in [-0.39, 0.29) is 36.7 Å². The zero-order valence-electron chi connectivity index (χ0n) is 26.6. The molecule has 0 aliphatic heterocycles. The number of esters is 2. The number of nitrogens with two attached hydrogens (primary N) is 1. The summed E-state index contributed by atoms with van der Waals surface area (Å²) in [4.78, 5) is 23.2. The van der Waals surface area contributed by atoms with Gasteiger partial charge in [-0.1, -0.05) is 71.6 Å². The maximum absolute atomic E-state index is 14.1. The van der Waals surface area contributed by atoms with E-state index in [0.29, 0.717) is 12.5 Å².